The van der Waals surface area contributed by atoms with E-state index in [2.05, 4.69) is 59.6 Å². The summed E-state index contributed by atoms with van der Waals surface area (Å²) in [6.45, 7) is 0.331. The van der Waals surface area contributed by atoms with Gasteiger partial charge in [-0.3, -0.25) is 4.98 Å². The van der Waals surface area contributed by atoms with Crippen LogP contribution in [0.5, 0.6) is 5.75 Å². The first-order chi connectivity index (χ1) is 13.9. The van der Waals surface area contributed by atoms with Gasteiger partial charge in [-0.2, -0.15) is 0 Å². The Bertz CT molecular complexity index is 872. The van der Waals surface area contributed by atoms with E-state index < -0.39 is 0 Å². The zero-order chi connectivity index (χ0) is 19.0. The van der Waals surface area contributed by atoms with Crippen LogP contribution >= 0.6 is 0 Å². The Morgan fingerprint density at radius 2 is 1.68 bits per heavy atom. The molecule has 3 nitrogen and oxygen atoms in total. The molecule has 0 unspecified atom stereocenters. The molecule has 0 spiro atoms. The van der Waals surface area contributed by atoms with Crippen molar-refractivity contribution in [2.75, 3.05) is 6.79 Å². The minimum atomic E-state index is 0.331. The fraction of sp³-hybridized carbons (Fsp3) is 0.320. The number of benzene rings is 2. The highest BCUT2D eigenvalue weighted by molar-refractivity contribution is 5.68. The highest BCUT2D eigenvalue weighted by atomic mass is 16.7. The molecule has 0 atom stereocenters. The summed E-state index contributed by atoms with van der Waals surface area (Å²) < 4.78 is 11.7. The maximum atomic E-state index is 5.87. The Kier molecular flexibility index (Phi) is 6.36. The molecule has 1 aliphatic carbocycles. The normalized spacial score (nSPS) is 14.3. The molecule has 1 heterocycles. The molecule has 4 rings (SSSR count). The Balaban J connectivity index is 1.43. The van der Waals surface area contributed by atoms with E-state index in [1.807, 2.05) is 18.5 Å². The second kappa shape index (κ2) is 9.52. The summed E-state index contributed by atoms with van der Waals surface area (Å²) in [6, 6.07) is 21.1. The van der Waals surface area contributed by atoms with E-state index in [0.717, 1.165) is 31.4 Å². The third-order valence-corrected chi connectivity index (χ3v) is 5.43. The van der Waals surface area contributed by atoms with E-state index in [1.54, 1.807) is 0 Å². The first-order valence-electron chi connectivity index (χ1n) is 10.2. The molecular formula is C25H27NO2. The van der Waals surface area contributed by atoms with Crippen LogP contribution in [0.25, 0.3) is 11.1 Å². The van der Waals surface area contributed by atoms with Gasteiger partial charge in [-0.15, -0.1) is 0 Å². The standard InChI is InChI=1S/C25H27NO2/c1-4-11-25(21(6-1)13-12-20-14-16-26-17-15-20)22-7-5-10-24(18-22)28-19-27-23-8-2-3-9-23/h1,4-7,10-11,14-18,23H,2-3,8-9,12-13,19H2. The van der Waals surface area contributed by atoms with Gasteiger partial charge in [0.05, 0.1) is 6.10 Å². The smallest absolute Gasteiger partial charge is 0.189 e. The predicted octanol–water partition coefficient (Wildman–Crippen LogP) is 5.83. The Hall–Kier alpha value is -2.65. The lowest BCUT2D eigenvalue weighted by molar-refractivity contribution is -0.0324. The molecule has 1 aromatic heterocycles. The zero-order valence-electron chi connectivity index (χ0n) is 16.2. The maximum absolute atomic E-state index is 5.87. The van der Waals surface area contributed by atoms with E-state index >= 15 is 0 Å². The van der Waals surface area contributed by atoms with Crippen molar-refractivity contribution in [3.63, 3.8) is 0 Å². The zero-order valence-corrected chi connectivity index (χ0v) is 16.2. The van der Waals surface area contributed by atoms with Crippen molar-refractivity contribution in [1.29, 1.82) is 0 Å². The van der Waals surface area contributed by atoms with Crippen molar-refractivity contribution in [3.05, 3.63) is 84.2 Å². The molecule has 0 N–H and O–H groups in total. The number of hydrogen-bond acceptors (Lipinski definition) is 3. The molecule has 3 heteroatoms. The van der Waals surface area contributed by atoms with E-state index in [-0.39, 0.29) is 0 Å². The van der Waals surface area contributed by atoms with Gasteiger partial charge in [0.15, 0.2) is 6.79 Å². The molecule has 1 aliphatic rings. The minimum Gasteiger partial charge on any atom is -0.468 e. The summed E-state index contributed by atoms with van der Waals surface area (Å²) in [5.74, 6) is 0.861. The van der Waals surface area contributed by atoms with Gasteiger partial charge >= 0.3 is 0 Å². The predicted molar refractivity (Wildman–Crippen MR) is 112 cm³/mol. The Morgan fingerprint density at radius 3 is 2.54 bits per heavy atom. The first kappa shape index (κ1) is 18.7. The molecule has 0 bridgehead atoms. The van der Waals surface area contributed by atoms with Gasteiger partial charge in [-0.1, -0.05) is 49.2 Å². The van der Waals surface area contributed by atoms with Crippen molar-refractivity contribution in [2.24, 2.45) is 0 Å². The van der Waals surface area contributed by atoms with Crippen molar-refractivity contribution in [3.8, 4) is 16.9 Å². The van der Waals surface area contributed by atoms with Crippen LogP contribution in [-0.4, -0.2) is 17.9 Å². The quantitative estimate of drug-likeness (QED) is 0.466. The van der Waals surface area contributed by atoms with Crippen molar-refractivity contribution >= 4 is 0 Å². The Labute approximate surface area is 167 Å². The van der Waals surface area contributed by atoms with Gasteiger partial charge in [-0.25, -0.2) is 0 Å². The summed E-state index contributed by atoms with van der Waals surface area (Å²) in [4.78, 5) is 4.10. The number of aromatic nitrogens is 1. The number of hydrogen-bond donors (Lipinski definition) is 0. The molecular weight excluding hydrogens is 346 g/mol. The monoisotopic (exact) mass is 373 g/mol. The van der Waals surface area contributed by atoms with Gasteiger partial charge in [0.25, 0.3) is 0 Å². The first-order valence-corrected chi connectivity index (χ1v) is 10.2. The van der Waals surface area contributed by atoms with Crippen LogP contribution in [-0.2, 0) is 17.6 Å². The van der Waals surface area contributed by atoms with Crippen molar-refractivity contribution in [1.82, 2.24) is 4.98 Å². The minimum absolute atomic E-state index is 0.331. The molecule has 28 heavy (non-hydrogen) atoms. The molecule has 0 saturated heterocycles. The van der Waals surface area contributed by atoms with E-state index in [1.165, 1.54) is 35.1 Å². The molecule has 1 saturated carbocycles. The molecule has 1 fully saturated rings. The summed E-state index contributed by atoms with van der Waals surface area (Å²) in [6.07, 6.45) is 11.0. The van der Waals surface area contributed by atoms with Gasteiger partial charge in [-0.05, 0) is 72.2 Å². The lowest BCUT2D eigenvalue weighted by Crippen LogP contribution is -2.12. The maximum Gasteiger partial charge on any atom is 0.189 e. The van der Waals surface area contributed by atoms with Crippen LogP contribution < -0.4 is 4.74 Å². The van der Waals surface area contributed by atoms with Gasteiger partial charge < -0.3 is 9.47 Å². The van der Waals surface area contributed by atoms with Crippen LogP contribution in [0.3, 0.4) is 0 Å². The van der Waals surface area contributed by atoms with Crippen LogP contribution in [0, 0.1) is 0 Å². The number of pyridine rings is 1. The van der Waals surface area contributed by atoms with Crippen molar-refractivity contribution < 1.29 is 9.47 Å². The lowest BCUT2D eigenvalue weighted by atomic mass is 9.95. The van der Waals surface area contributed by atoms with E-state index in [4.69, 9.17) is 9.47 Å². The van der Waals surface area contributed by atoms with E-state index in [0.29, 0.717) is 12.9 Å². The largest absolute Gasteiger partial charge is 0.468 e. The fourth-order valence-electron chi connectivity index (χ4n) is 3.86. The summed E-state index contributed by atoms with van der Waals surface area (Å²) in [7, 11) is 0. The molecule has 3 aromatic rings. The second-order valence-corrected chi connectivity index (χ2v) is 7.38. The number of rotatable bonds is 8. The molecule has 0 aliphatic heterocycles. The third-order valence-electron chi connectivity index (χ3n) is 5.43. The highest BCUT2D eigenvalue weighted by Gasteiger charge is 2.15. The highest BCUT2D eigenvalue weighted by Crippen LogP contribution is 2.28. The summed E-state index contributed by atoms with van der Waals surface area (Å²) in [5.41, 5.74) is 5.10. The second-order valence-electron chi connectivity index (χ2n) is 7.38. The molecule has 2 aromatic carbocycles. The molecule has 144 valence electrons. The number of ether oxygens (including phenoxy) is 2. The number of aryl methyl sites for hydroxylation is 2. The summed E-state index contributed by atoms with van der Waals surface area (Å²) in [5, 5.41) is 0. The van der Waals surface area contributed by atoms with E-state index in [9.17, 15) is 0 Å². The average Bonchev–Trinajstić information content (AvgIpc) is 3.27. The van der Waals surface area contributed by atoms with Crippen LogP contribution in [0.2, 0.25) is 0 Å². The summed E-state index contributed by atoms with van der Waals surface area (Å²) >= 11 is 0. The SMILES string of the molecule is c1cc(OCOC2CCCC2)cc(-c2ccccc2CCc2ccncc2)c1. The van der Waals surface area contributed by atoms with Gasteiger partial charge in [0.2, 0.25) is 0 Å². The van der Waals surface area contributed by atoms with Gasteiger partial charge in [0.1, 0.15) is 5.75 Å². The third kappa shape index (κ3) is 4.99. The Morgan fingerprint density at radius 1 is 0.857 bits per heavy atom. The van der Waals surface area contributed by atoms with Crippen LogP contribution in [0.4, 0.5) is 0 Å². The van der Waals surface area contributed by atoms with Crippen LogP contribution in [0.15, 0.2) is 73.1 Å². The average molecular weight is 373 g/mol. The molecule has 0 amide bonds. The topological polar surface area (TPSA) is 31.4 Å². The number of nitrogens with zero attached hydrogens (tertiary/aromatic N) is 1. The van der Waals surface area contributed by atoms with Gasteiger partial charge in [0, 0.05) is 12.4 Å². The van der Waals surface area contributed by atoms with Crippen molar-refractivity contribution in [2.45, 2.75) is 44.6 Å². The van der Waals surface area contributed by atoms with Crippen LogP contribution in [0.1, 0.15) is 36.8 Å². The lowest BCUT2D eigenvalue weighted by Gasteiger charge is -2.14. The molecule has 0 radical (unpaired) electrons. The fourth-order valence-corrected chi connectivity index (χ4v) is 3.86.